The molecule has 2 aromatic heterocycles. The molecular weight excluding hydrogens is 202 g/mol. The summed E-state index contributed by atoms with van der Waals surface area (Å²) in [4.78, 5) is 4.22. The molecule has 0 aromatic carbocycles. The van der Waals surface area contributed by atoms with Crippen molar-refractivity contribution in [2.24, 2.45) is 5.73 Å². The maximum absolute atomic E-state index is 6.03. The van der Waals surface area contributed by atoms with Crippen LogP contribution in [0.4, 0.5) is 0 Å². The molecule has 2 rings (SSSR count). The van der Waals surface area contributed by atoms with Crippen LogP contribution in [-0.4, -0.2) is 15.6 Å². The highest BCUT2D eigenvalue weighted by molar-refractivity contribution is 5.14. The molecule has 0 spiro atoms. The van der Waals surface area contributed by atoms with Crippen molar-refractivity contribution in [1.82, 2.24) is 9.55 Å². The van der Waals surface area contributed by atoms with Crippen molar-refractivity contribution in [3.05, 3.63) is 41.9 Å². The van der Waals surface area contributed by atoms with Gasteiger partial charge in [-0.2, -0.15) is 0 Å². The summed E-state index contributed by atoms with van der Waals surface area (Å²) in [6.07, 6.45) is 3.71. The molecule has 0 amide bonds. The predicted octanol–water partition coefficient (Wildman–Crippen LogP) is 2.03. The van der Waals surface area contributed by atoms with Crippen molar-refractivity contribution in [1.29, 1.82) is 0 Å². The van der Waals surface area contributed by atoms with Crippen LogP contribution in [0.5, 0.6) is 0 Å². The SMILES string of the molecule is Cc1ccc(C(C(C)N)n2ccnc2C)o1. The molecule has 0 saturated heterocycles. The highest BCUT2D eigenvalue weighted by Gasteiger charge is 2.22. The number of nitrogens with zero attached hydrogens (tertiary/aromatic N) is 2. The minimum Gasteiger partial charge on any atom is -0.464 e. The molecule has 4 nitrogen and oxygen atoms in total. The third-order valence-electron chi connectivity index (χ3n) is 2.71. The third-order valence-corrected chi connectivity index (χ3v) is 2.71. The van der Waals surface area contributed by atoms with Crippen molar-refractivity contribution in [3.63, 3.8) is 0 Å². The van der Waals surface area contributed by atoms with Crippen molar-refractivity contribution in [2.75, 3.05) is 0 Å². The third kappa shape index (κ3) is 1.88. The largest absolute Gasteiger partial charge is 0.464 e. The second-order valence-corrected chi connectivity index (χ2v) is 4.13. The summed E-state index contributed by atoms with van der Waals surface area (Å²) in [5.74, 6) is 2.73. The lowest BCUT2D eigenvalue weighted by atomic mass is 10.1. The van der Waals surface area contributed by atoms with Crippen LogP contribution in [0.25, 0.3) is 0 Å². The van der Waals surface area contributed by atoms with Crippen LogP contribution in [0, 0.1) is 13.8 Å². The van der Waals surface area contributed by atoms with Crippen LogP contribution in [-0.2, 0) is 0 Å². The van der Waals surface area contributed by atoms with Crippen LogP contribution in [0.15, 0.2) is 28.9 Å². The van der Waals surface area contributed by atoms with E-state index in [2.05, 4.69) is 4.98 Å². The van der Waals surface area contributed by atoms with Gasteiger partial charge in [0.2, 0.25) is 0 Å². The number of nitrogens with two attached hydrogens (primary N) is 1. The fourth-order valence-corrected chi connectivity index (χ4v) is 1.94. The Hall–Kier alpha value is -1.55. The zero-order valence-corrected chi connectivity index (χ0v) is 9.84. The predicted molar refractivity (Wildman–Crippen MR) is 62.2 cm³/mol. The summed E-state index contributed by atoms with van der Waals surface area (Å²) in [5.41, 5.74) is 6.03. The molecule has 4 heteroatoms. The Balaban J connectivity index is 2.42. The van der Waals surface area contributed by atoms with Gasteiger partial charge in [-0.05, 0) is 32.9 Å². The zero-order chi connectivity index (χ0) is 11.7. The Morgan fingerprint density at radius 2 is 2.12 bits per heavy atom. The van der Waals surface area contributed by atoms with E-state index < -0.39 is 0 Å². The van der Waals surface area contributed by atoms with E-state index in [1.165, 1.54) is 0 Å². The first-order valence-corrected chi connectivity index (χ1v) is 5.41. The van der Waals surface area contributed by atoms with Crippen LogP contribution in [0.1, 0.15) is 30.3 Å². The number of rotatable bonds is 3. The van der Waals surface area contributed by atoms with E-state index in [1.807, 2.05) is 43.7 Å². The Morgan fingerprint density at radius 1 is 1.38 bits per heavy atom. The number of aryl methyl sites for hydroxylation is 2. The number of aromatic nitrogens is 2. The molecular formula is C12H17N3O. The molecule has 0 aliphatic heterocycles. The Kier molecular flexibility index (Phi) is 2.83. The monoisotopic (exact) mass is 219 g/mol. The van der Waals surface area contributed by atoms with Gasteiger partial charge in [0.05, 0.1) is 0 Å². The molecule has 0 aliphatic carbocycles. The number of furan rings is 1. The molecule has 2 unspecified atom stereocenters. The average Bonchev–Trinajstić information content (AvgIpc) is 2.78. The van der Waals surface area contributed by atoms with Crippen LogP contribution in [0.2, 0.25) is 0 Å². The summed E-state index contributed by atoms with van der Waals surface area (Å²) >= 11 is 0. The van der Waals surface area contributed by atoms with E-state index in [0.29, 0.717) is 0 Å². The molecule has 2 aromatic rings. The van der Waals surface area contributed by atoms with Crippen molar-refractivity contribution in [2.45, 2.75) is 32.9 Å². The van der Waals surface area contributed by atoms with E-state index in [0.717, 1.165) is 17.3 Å². The standard InChI is InChI=1S/C12H17N3O/c1-8-4-5-11(16-8)12(9(2)13)15-7-6-14-10(15)3/h4-7,9,12H,13H2,1-3H3. The molecule has 0 fully saturated rings. The topological polar surface area (TPSA) is 57.0 Å². The lowest BCUT2D eigenvalue weighted by Gasteiger charge is -2.21. The van der Waals surface area contributed by atoms with Gasteiger partial charge in [0.15, 0.2) is 0 Å². The first-order chi connectivity index (χ1) is 7.59. The van der Waals surface area contributed by atoms with Gasteiger partial charge in [-0.3, -0.25) is 0 Å². The summed E-state index contributed by atoms with van der Waals surface area (Å²) in [5, 5.41) is 0. The smallest absolute Gasteiger partial charge is 0.128 e. The molecule has 16 heavy (non-hydrogen) atoms. The van der Waals surface area contributed by atoms with Gasteiger partial charge >= 0.3 is 0 Å². The van der Waals surface area contributed by atoms with Crippen LogP contribution >= 0.6 is 0 Å². The normalized spacial score (nSPS) is 15.0. The van der Waals surface area contributed by atoms with Gasteiger partial charge < -0.3 is 14.7 Å². The first-order valence-electron chi connectivity index (χ1n) is 5.41. The fraction of sp³-hybridized carbons (Fsp3) is 0.417. The minimum atomic E-state index is -0.0292. The van der Waals surface area contributed by atoms with E-state index in [9.17, 15) is 0 Å². The summed E-state index contributed by atoms with van der Waals surface area (Å²) in [6, 6.07) is 3.91. The summed E-state index contributed by atoms with van der Waals surface area (Å²) in [7, 11) is 0. The minimum absolute atomic E-state index is 0.0104. The summed E-state index contributed by atoms with van der Waals surface area (Å²) < 4.78 is 7.70. The number of hydrogen-bond donors (Lipinski definition) is 1. The molecule has 0 radical (unpaired) electrons. The maximum Gasteiger partial charge on any atom is 0.128 e. The van der Waals surface area contributed by atoms with Gasteiger partial charge in [-0.15, -0.1) is 0 Å². The Bertz CT molecular complexity index is 470. The highest BCUT2D eigenvalue weighted by atomic mass is 16.3. The second-order valence-electron chi connectivity index (χ2n) is 4.13. The van der Waals surface area contributed by atoms with Gasteiger partial charge in [0.25, 0.3) is 0 Å². The molecule has 0 aliphatic rings. The molecule has 86 valence electrons. The fourth-order valence-electron chi connectivity index (χ4n) is 1.94. The molecule has 2 N–H and O–H groups in total. The molecule has 2 heterocycles. The van der Waals surface area contributed by atoms with E-state index >= 15 is 0 Å². The first kappa shape index (κ1) is 11.0. The number of imidazole rings is 1. The Morgan fingerprint density at radius 3 is 2.56 bits per heavy atom. The Labute approximate surface area is 95.1 Å². The molecule has 2 atom stereocenters. The zero-order valence-electron chi connectivity index (χ0n) is 9.84. The lowest BCUT2D eigenvalue weighted by Crippen LogP contribution is -2.30. The van der Waals surface area contributed by atoms with E-state index in [4.69, 9.17) is 10.2 Å². The van der Waals surface area contributed by atoms with Gasteiger partial charge in [0.1, 0.15) is 23.4 Å². The van der Waals surface area contributed by atoms with Gasteiger partial charge in [0, 0.05) is 18.4 Å². The van der Waals surface area contributed by atoms with Crippen LogP contribution < -0.4 is 5.73 Å². The maximum atomic E-state index is 6.03. The van der Waals surface area contributed by atoms with Gasteiger partial charge in [-0.1, -0.05) is 0 Å². The van der Waals surface area contributed by atoms with Crippen molar-refractivity contribution >= 4 is 0 Å². The molecule has 0 bridgehead atoms. The van der Waals surface area contributed by atoms with Crippen molar-refractivity contribution < 1.29 is 4.42 Å². The van der Waals surface area contributed by atoms with Gasteiger partial charge in [-0.25, -0.2) is 4.98 Å². The van der Waals surface area contributed by atoms with Crippen molar-refractivity contribution in [3.8, 4) is 0 Å². The van der Waals surface area contributed by atoms with Crippen LogP contribution in [0.3, 0.4) is 0 Å². The summed E-state index contributed by atoms with van der Waals surface area (Å²) in [6.45, 7) is 5.87. The van der Waals surface area contributed by atoms with E-state index in [1.54, 1.807) is 6.20 Å². The molecule has 0 saturated carbocycles. The average molecular weight is 219 g/mol. The second kappa shape index (κ2) is 4.14. The lowest BCUT2D eigenvalue weighted by molar-refractivity contribution is 0.376. The van der Waals surface area contributed by atoms with E-state index in [-0.39, 0.29) is 12.1 Å². The quantitative estimate of drug-likeness (QED) is 0.859. The highest BCUT2D eigenvalue weighted by Crippen LogP contribution is 2.24. The number of hydrogen-bond acceptors (Lipinski definition) is 3.